The molecular weight excluding hydrogens is 435 g/mol. The van der Waals surface area contributed by atoms with Gasteiger partial charge in [0.25, 0.3) is 11.6 Å². The van der Waals surface area contributed by atoms with E-state index in [1.165, 1.54) is 30.5 Å². The Morgan fingerprint density at radius 1 is 1.28 bits per heavy atom. The maximum Gasteiger partial charge on any atom is 0.269 e. The summed E-state index contributed by atoms with van der Waals surface area (Å²) in [6, 6.07) is 13.0. The number of nitriles is 1. The molecule has 25 heavy (non-hydrogen) atoms. The molecule has 2 rings (SSSR count). The minimum atomic E-state index is -0.541. The Morgan fingerprint density at radius 2 is 1.96 bits per heavy atom. The Morgan fingerprint density at radius 3 is 2.52 bits per heavy atom. The van der Waals surface area contributed by atoms with Crippen molar-refractivity contribution in [2.24, 2.45) is 0 Å². The fourth-order valence-corrected chi connectivity index (χ4v) is 2.59. The maximum atomic E-state index is 12.2. The van der Waals surface area contributed by atoms with Crippen molar-refractivity contribution in [3.8, 4) is 6.07 Å². The number of nitro benzene ring substituents is 1. The van der Waals surface area contributed by atoms with Crippen molar-refractivity contribution in [1.82, 2.24) is 0 Å². The summed E-state index contributed by atoms with van der Waals surface area (Å²) in [5, 5.41) is 25.3. The van der Waals surface area contributed by atoms with Crippen LogP contribution in [-0.2, 0) is 4.79 Å². The van der Waals surface area contributed by atoms with E-state index in [2.05, 4.69) is 33.2 Å². The van der Waals surface area contributed by atoms with Crippen LogP contribution >= 0.6 is 22.6 Å². The van der Waals surface area contributed by atoms with Gasteiger partial charge in [0.2, 0.25) is 0 Å². The third-order valence-electron chi connectivity index (χ3n) is 3.26. The number of hydrogen-bond donors (Lipinski definition) is 2. The number of carbonyl (C=O) groups is 1. The summed E-state index contributed by atoms with van der Waals surface area (Å²) in [6.07, 6.45) is 1.26. The van der Waals surface area contributed by atoms with Crippen molar-refractivity contribution in [2.75, 3.05) is 10.6 Å². The Kier molecular flexibility index (Phi) is 6.08. The van der Waals surface area contributed by atoms with E-state index in [4.69, 9.17) is 0 Å². The SMILES string of the molecule is Cc1cc(I)ccc1NC(=O)/C(C#N)=C\Nc1ccc([N+](=O)[O-])cc1. The van der Waals surface area contributed by atoms with E-state index in [1.54, 1.807) is 6.07 Å². The predicted octanol–water partition coefficient (Wildman–Crippen LogP) is 3.97. The lowest BCUT2D eigenvalue weighted by Gasteiger charge is -2.08. The number of nitrogens with zero attached hydrogens (tertiary/aromatic N) is 2. The van der Waals surface area contributed by atoms with Crippen LogP contribution in [0.4, 0.5) is 17.1 Å². The van der Waals surface area contributed by atoms with Gasteiger partial charge in [0.15, 0.2) is 0 Å². The first kappa shape index (κ1) is 18.4. The van der Waals surface area contributed by atoms with Gasteiger partial charge in [0, 0.05) is 33.3 Å². The summed E-state index contributed by atoms with van der Waals surface area (Å²) in [4.78, 5) is 22.3. The average Bonchev–Trinajstić information content (AvgIpc) is 2.58. The lowest BCUT2D eigenvalue weighted by Crippen LogP contribution is -2.15. The van der Waals surface area contributed by atoms with Crippen LogP contribution in [-0.4, -0.2) is 10.8 Å². The van der Waals surface area contributed by atoms with Gasteiger partial charge >= 0.3 is 0 Å². The molecule has 2 aromatic carbocycles. The van der Waals surface area contributed by atoms with E-state index < -0.39 is 10.8 Å². The van der Waals surface area contributed by atoms with E-state index in [1.807, 2.05) is 25.1 Å². The molecule has 2 aromatic rings. The van der Waals surface area contributed by atoms with Crippen LogP contribution in [0.15, 0.2) is 54.2 Å². The van der Waals surface area contributed by atoms with E-state index in [0.29, 0.717) is 11.4 Å². The number of benzene rings is 2. The topological polar surface area (TPSA) is 108 Å². The third-order valence-corrected chi connectivity index (χ3v) is 3.93. The number of halogens is 1. The fraction of sp³-hybridized carbons (Fsp3) is 0.0588. The fourth-order valence-electron chi connectivity index (χ4n) is 1.94. The first-order valence-electron chi connectivity index (χ1n) is 7.09. The summed E-state index contributed by atoms with van der Waals surface area (Å²) in [6.45, 7) is 1.86. The molecule has 0 saturated heterocycles. The monoisotopic (exact) mass is 448 g/mol. The molecule has 0 fully saturated rings. The van der Waals surface area contributed by atoms with Crippen molar-refractivity contribution >= 4 is 45.6 Å². The highest BCUT2D eigenvalue weighted by molar-refractivity contribution is 14.1. The van der Waals surface area contributed by atoms with Crippen molar-refractivity contribution < 1.29 is 9.72 Å². The highest BCUT2D eigenvalue weighted by Gasteiger charge is 2.11. The van der Waals surface area contributed by atoms with Crippen molar-refractivity contribution in [3.05, 3.63) is 73.5 Å². The van der Waals surface area contributed by atoms with Crippen molar-refractivity contribution in [2.45, 2.75) is 6.92 Å². The largest absolute Gasteiger partial charge is 0.360 e. The lowest BCUT2D eigenvalue weighted by atomic mass is 10.2. The molecule has 0 aromatic heterocycles. The third kappa shape index (κ3) is 5.02. The zero-order chi connectivity index (χ0) is 18.4. The molecule has 2 N–H and O–H groups in total. The molecule has 0 unspecified atom stereocenters. The van der Waals surface area contributed by atoms with Crippen LogP contribution in [0.1, 0.15) is 5.56 Å². The number of non-ortho nitro benzene ring substituents is 1. The predicted molar refractivity (Wildman–Crippen MR) is 103 cm³/mol. The molecule has 8 heteroatoms. The summed E-state index contributed by atoms with van der Waals surface area (Å²) in [5.41, 5.74) is 1.89. The summed E-state index contributed by atoms with van der Waals surface area (Å²) < 4.78 is 1.05. The number of rotatable bonds is 5. The number of nitro groups is 1. The van der Waals surface area contributed by atoms with Gasteiger partial charge in [0.05, 0.1) is 4.92 Å². The molecule has 1 amide bonds. The highest BCUT2D eigenvalue weighted by Crippen LogP contribution is 2.19. The molecule has 126 valence electrons. The molecule has 0 radical (unpaired) electrons. The summed E-state index contributed by atoms with van der Waals surface area (Å²) >= 11 is 2.17. The van der Waals surface area contributed by atoms with Gasteiger partial charge in [0.1, 0.15) is 11.6 Å². The van der Waals surface area contributed by atoms with Gasteiger partial charge in [-0.3, -0.25) is 14.9 Å². The van der Waals surface area contributed by atoms with Gasteiger partial charge in [-0.05, 0) is 65.4 Å². The Hall–Kier alpha value is -2.93. The van der Waals surface area contributed by atoms with Crippen LogP contribution < -0.4 is 10.6 Å². The van der Waals surface area contributed by atoms with Crippen molar-refractivity contribution in [1.29, 1.82) is 5.26 Å². The Balaban J connectivity index is 2.09. The second kappa shape index (κ2) is 8.25. The van der Waals surface area contributed by atoms with E-state index in [-0.39, 0.29) is 11.3 Å². The summed E-state index contributed by atoms with van der Waals surface area (Å²) in [7, 11) is 0. The smallest absolute Gasteiger partial charge is 0.269 e. The Labute approximate surface area is 157 Å². The number of amides is 1. The van der Waals surface area contributed by atoms with E-state index in [9.17, 15) is 20.2 Å². The molecule has 0 aliphatic heterocycles. The lowest BCUT2D eigenvalue weighted by molar-refractivity contribution is -0.384. The van der Waals surface area contributed by atoms with Gasteiger partial charge < -0.3 is 10.6 Å². The standard InChI is InChI=1S/C17H13IN4O3/c1-11-8-13(18)2-7-16(11)21-17(23)12(9-19)10-20-14-3-5-15(6-4-14)22(24)25/h2-8,10,20H,1H3,(H,21,23)/b12-10-. The highest BCUT2D eigenvalue weighted by atomic mass is 127. The minimum absolute atomic E-state index is 0.0398. The van der Waals surface area contributed by atoms with Gasteiger partial charge in [-0.25, -0.2) is 0 Å². The zero-order valence-corrected chi connectivity index (χ0v) is 15.3. The van der Waals surface area contributed by atoms with Gasteiger partial charge in [-0.1, -0.05) is 0 Å². The first-order valence-corrected chi connectivity index (χ1v) is 8.17. The van der Waals surface area contributed by atoms with Crippen LogP contribution in [0.3, 0.4) is 0 Å². The average molecular weight is 448 g/mol. The number of nitrogens with one attached hydrogen (secondary N) is 2. The Bertz CT molecular complexity index is 886. The molecule has 0 saturated carbocycles. The molecular formula is C17H13IN4O3. The minimum Gasteiger partial charge on any atom is -0.360 e. The molecule has 0 atom stereocenters. The second-order valence-electron chi connectivity index (χ2n) is 5.03. The van der Waals surface area contributed by atoms with Crippen molar-refractivity contribution in [3.63, 3.8) is 0 Å². The maximum absolute atomic E-state index is 12.2. The van der Waals surface area contributed by atoms with Crippen LogP contribution in [0, 0.1) is 31.9 Å². The van der Waals surface area contributed by atoms with Gasteiger partial charge in [-0.2, -0.15) is 5.26 Å². The molecule has 0 aliphatic rings. The summed E-state index contributed by atoms with van der Waals surface area (Å²) in [5.74, 6) is -0.541. The number of carbonyl (C=O) groups excluding carboxylic acids is 1. The second-order valence-corrected chi connectivity index (χ2v) is 6.28. The van der Waals surface area contributed by atoms with Gasteiger partial charge in [-0.15, -0.1) is 0 Å². The zero-order valence-electron chi connectivity index (χ0n) is 13.1. The molecule has 7 nitrogen and oxygen atoms in total. The van der Waals surface area contributed by atoms with Crippen LogP contribution in [0.5, 0.6) is 0 Å². The molecule has 0 bridgehead atoms. The number of hydrogen-bond acceptors (Lipinski definition) is 5. The normalized spacial score (nSPS) is 10.7. The molecule has 0 heterocycles. The number of anilines is 2. The van der Waals surface area contributed by atoms with E-state index in [0.717, 1.165) is 9.13 Å². The quantitative estimate of drug-likeness (QED) is 0.237. The molecule has 0 spiro atoms. The van der Waals surface area contributed by atoms with Crippen LogP contribution in [0.25, 0.3) is 0 Å². The van der Waals surface area contributed by atoms with E-state index >= 15 is 0 Å². The molecule has 0 aliphatic carbocycles. The number of aryl methyl sites for hydroxylation is 1. The first-order chi connectivity index (χ1) is 11.9. The van der Waals surface area contributed by atoms with Crippen LogP contribution in [0.2, 0.25) is 0 Å².